The van der Waals surface area contributed by atoms with E-state index in [1.165, 1.54) is 12.1 Å². The molecule has 31 heavy (non-hydrogen) atoms. The molecule has 0 bridgehead atoms. The van der Waals surface area contributed by atoms with Gasteiger partial charge in [-0.05, 0) is 23.6 Å². The Morgan fingerprint density at radius 3 is 2.10 bits per heavy atom. The van der Waals surface area contributed by atoms with Crippen LogP contribution < -0.4 is 5.32 Å². The highest BCUT2D eigenvalue weighted by Crippen LogP contribution is 2.19. The van der Waals surface area contributed by atoms with Gasteiger partial charge in [0.1, 0.15) is 11.9 Å². The molecule has 1 atom stereocenters. The number of hydrogen-bond donors (Lipinski definition) is 1. The molecule has 1 heterocycles. The van der Waals surface area contributed by atoms with Crippen LogP contribution in [0.4, 0.5) is 4.39 Å². The van der Waals surface area contributed by atoms with E-state index in [9.17, 15) is 18.8 Å². The molecule has 164 valence electrons. The molecule has 1 aliphatic heterocycles. The maximum atomic E-state index is 14.0. The van der Waals surface area contributed by atoms with Crippen LogP contribution in [-0.2, 0) is 9.59 Å². The monoisotopic (exact) mass is 425 g/mol. The molecule has 1 aliphatic rings. The van der Waals surface area contributed by atoms with Crippen LogP contribution in [0, 0.1) is 11.7 Å². The molecule has 1 unspecified atom stereocenters. The van der Waals surface area contributed by atoms with Crippen molar-refractivity contribution >= 4 is 17.7 Å². The number of piperazine rings is 1. The first-order valence-electron chi connectivity index (χ1n) is 10.5. The highest BCUT2D eigenvalue weighted by molar-refractivity contribution is 5.95. The number of rotatable bonds is 6. The first-order chi connectivity index (χ1) is 14.9. The molecule has 1 N–H and O–H groups in total. The van der Waals surface area contributed by atoms with Crippen molar-refractivity contribution in [3.8, 4) is 0 Å². The number of hydrogen-bond acceptors (Lipinski definition) is 3. The second kappa shape index (κ2) is 10.2. The fourth-order valence-corrected chi connectivity index (χ4v) is 3.64. The highest BCUT2D eigenvalue weighted by atomic mass is 19.1. The van der Waals surface area contributed by atoms with Crippen molar-refractivity contribution in [2.24, 2.45) is 5.92 Å². The maximum absolute atomic E-state index is 14.0. The molecule has 2 aromatic rings. The molecule has 2 aromatic carbocycles. The summed E-state index contributed by atoms with van der Waals surface area (Å²) in [6.45, 7) is 5.15. The fraction of sp³-hybridized carbons (Fsp3) is 0.375. The predicted octanol–water partition coefficient (Wildman–Crippen LogP) is 3.01. The molecule has 0 saturated carbocycles. The van der Waals surface area contributed by atoms with Crippen LogP contribution in [-0.4, -0.2) is 53.7 Å². The summed E-state index contributed by atoms with van der Waals surface area (Å²) in [5.41, 5.74) is 0.750. The van der Waals surface area contributed by atoms with Gasteiger partial charge in [0.05, 0.1) is 5.56 Å². The lowest BCUT2D eigenvalue weighted by molar-refractivity contribution is -0.138. The minimum Gasteiger partial charge on any atom is -0.341 e. The summed E-state index contributed by atoms with van der Waals surface area (Å²) in [7, 11) is 0. The van der Waals surface area contributed by atoms with Crippen LogP contribution in [0.25, 0.3) is 0 Å². The number of nitrogens with zero attached hydrogens (tertiary/aromatic N) is 2. The third-order valence-electron chi connectivity index (χ3n) is 5.26. The molecule has 0 aromatic heterocycles. The van der Waals surface area contributed by atoms with Crippen molar-refractivity contribution in [2.75, 3.05) is 26.2 Å². The molecule has 3 amide bonds. The standard InChI is InChI=1S/C24H28FN3O3/c1-17(2)16-21(29)26-22(18-8-4-3-5-9-18)24(31)28-14-12-27(13-15-28)23(30)19-10-6-7-11-20(19)25/h3-11,17,22H,12-16H2,1-2H3,(H,26,29). The number of carbonyl (C=O) groups is 3. The number of carbonyl (C=O) groups excluding carboxylic acids is 3. The minimum atomic E-state index is -0.777. The summed E-state index contributed by atoms with van der Waals surface area (Å²) in [6, 6.07) is 14.3. The zero-order chi connectivity index (χ0) is 22.4. The van der Waals surface area contributed by atoms with Crippen molar-refractivity contribution in [1.82, 2.24) is 15.1 Å². The van der Waals surface area contributed by atoms with Gasteiger partial charge in [0.25, 0.3) is 5.91 Å². The lowest BCUT2D eigenvalue weighted by Gasteiger charge is -2.36. The Kier molecular flexibility index (Phi) is 7.39. The maximum Gasteiger partial charge on any atom is 0.256 e. The van der Waals surface area contributed by atoms with Gasteiger partial charge in [0, 0.05) is 32.6 Å². The Labute approximate surface area is 182 Å². The molecule has 1 fully saturated rings. The van der Waals surface area contributed by atoms with E-state index in [2.05, 4.69) is 5.32 Å². The Morgan fingerprint density at radius 1 is 0.903 bits per heavy atom. The minimum absolute atomic E-state index is 0.0328. The van der Waals surface area contributed by atoms with E-state index in [1.54, 1.807) is 21.9 Å². The highest BCUT2D eigenvalue weighted by Gasteiger charge is 2.31. The van der Waals surface area contributed by atoms with Crippen molar-refractivity contribution in [3.63, 3.8) is 0 Å². The number of benzene rings is 2. The van der Waals surface area contributed by atoms with Crippen LogP contribution in [0.1, 0.15) is 42.2 Å². The van der Waals surface area contributed by atoms with Gasteiger partial charge in [-0.25, -0.2) is 4.39 Å². The van der Waals surface area contributed by atoms with E-state index in [-0.39, 0.29) is 29.2 Å². The number of nitrogens with one attached hydrogen (secondary N) is 1. The van der Waals surface area contributed by atoms with E-state index in [1.807, 2.05) is 44.2 Å². The molecule has 0 aliphatic carbocycles. The Bertz CT molecular complexity index is 925. The van der Waals surface area contributed by atoms with Crippen LogP contribution in [0.3, 0.4) is 0 Å². The third-order valence-corrected chi connectivity index (χ3v) is 5.26. The summed E-state index contributed by atoms with van der Waals surface area (Å²) in [5, 5.41) is 2.87. The fourth-order valence-electron chi connectivity index (χ4n) is 3.64. The molecule has 0 spiro atoms. The number of amides is 3. The van der Waals surface area contributed by atoms with E-state index in [0.29, 0.717) is 32.6 Å². The summed E-state index contributed by atoms with van der Waals surface area (Å²) in [5.74, 6) is -1.13. The van der Waals surface area contributed by atoms with E-state index in [4.69, 9.17) is 0 Å². The molecular weight excluding hydrogens is 397 g/mol. The van der Waals surface area contributed by atoms with Crippen molar-refractivity contribution in [3.05, 3.63) is 71.5 Å². The van der Waals surface area contributed by atoms with E-state index >= 15 is 0 Å². The molecule has 0 radical (unpaired) electrons. The van der Waals surface area contributed by atoms with Gasteiger partial charge in [-0.3, -0.25) is 14.4 Å². The van der Waals surface area contributed by atoms with Gasteiger partial charge in [0.15, 0.2) is 0 Å². The summed E-state index contributed by atoms with van der Waals surface area (Å²) >= 11 is 0. The topological polar surface area (TPSA) is 69.7 Å². The van der Waals surface area contributed by atoms with Crippen molar-refractivity contribution in [1.29, 1.82) is 0 Å². The average molecular weight is 426 g/mol. The summed E-state index contributed by atoms with van der Waals surface area (Å²) in [4.78, 5) is 41.5. The summed E-state index contributed by atoms with van der Waals surface area (Å²) in [6.07, 6.45) is 0.335. The first kappa shape index (κ1) is 22.5. The average Bonchev–Trinajstić information content (AvgIpc) is 2.77. The van der Waals surface area contributed by atoms with Gasteiger partial charge < -0.3 is 15.1 Å². The van der Waals surface area contributed by atoms with Crippen LogP contribution in [0.2, 0.25) is 0 Å². The lowest BCUT2D eigenvalue weighted by atomic mass is 10.0. The second-order valence-corrected chi connectivity index (χ2v) is 8.11. The van der Waals surface area contributed by atoms with Gasteiger partial charge in [-0.15, -0.1) is 0 Å². The van der Waals surface area contributed by atoms with Gasteiger partial charge >= 0.3 is 0 Å². The largest absolute Gasteiger partial charge is 0.341 e. The van der Waals surface area contributed by atoms with Crippen LogP contribution in [0.15, 0.2) is 54.6 Å². The van der Waals surface area contributed by atoms with Crippen molar-refractivity contribution in [2.45, 2.75) is 26.3 Å². The number of halogens is 1. The molecular formula is C24H28FN3O3. The lowest BCUT2D eigenvalue weighted by Crippen LogP contribution is -2.53. The van der Waals surface area contributed by atoms with Crippen molar-refractivity contribution < 1.29 is 18.8 Å². The Balaban J connectivity index is 1.68. The first-order valence-corrected chi connectivity index (χ1v) is 10.5. The van der Waals surface area contributed by atoms with Gasteiger partial charge in [-0.2, -0.15) is 0 Å². The quantitative estimate of drug-likeness (QED) is 0.774. The SMILES string of the molecule is CC(C)CC(=O)NC(C(=O)N1CCN(C(=O)c2ccccc2F)CC1)c1ccccc1. The van der Waals surface area contributed by atoms with Gasteiger partial charge in [-0.1, -0.05) is 56.3 Å². The zero-order valence-electron chi connectivity index (χ0n) is 17.9. The summed E-state index contributed by atoms with van der Waals surface area (Å²) < 4.78 is 14.0. The smallest absolute Gasteiger partial charge is 0.256 e. The van der Waals surface area contributed by atoms with E-state index < -0.39 is 11.9 Å². The van der Waals surface area contributed by atoms with Crippen LogP contribution >= 0.6 is 0 Å². The Hall–Kier alpha value is -3.22. The second-order valence-electron chi connectivity index (χ2n) is 8.11. The predicted molar refractivity (Wildman–Crippen MR) is 116 cm³/mol. The van der Waals surface area contributed by atoms with Gasteiger partial charge in [0.2, 0.25) is 11.8 Å². The molecule has 6 nitrogen and oxygen atoms in total. The van der Waals surface area contributed by atoms with E-state index in [0.717, 1.165) is 5.56 Å². The Morgan fingerprint density at radius 2 is 1.48 bits per heavy atom. The van der Waals surface area contributed by atoms with Crippen LogP contribution in [0.5, 0.6) is 0 Å². The molecule has 1 saturated heterocycles. The molecule has 3 rings (SSSR count). The third kappa shape index (κ3) is 5.69. The molecule has 7 heteroatoms. The zero-order valence-corrected chi connectivity index (χ0v) is 17.9. The normalized spacial score (nSPS) is 15.0.